The van der Waals surface area contributed by atoms with E-state index in [1.54, 1.807) is 11.3 Å². The van der Waals surface area contributed by atoms with Gasteiger partial charge in [-0.1, -0.05) is 23.7 Å². The summed E-state index contributed by atoms with van der Waals surface area (Å²) < 4.78 is 0. The summed E-state index contributed by atoms with van der Waals surface area (Å²) in [5.41, 5.74) is 1.43. The van der Waals surface area contributed by atoms with Gasteiger partial charge < -0.3 is 9.80 Å². The molecule has 2 saturated carbocycles. The molecule has 1 aliphatic heterocycles. The number of quaternary nitrogens is 2. The number of benzene rings is 1. The van der Waals surface area contributed by atoms with E-state index in [0.717, 1.165) is 22.9 Å². The van der Waals surface area contributed by atoms with Crippen LogP contribution in [0.5, 0.6) is 0 Å². The maximum atomic E-state index is 5.97. The van der Waals surface area contributed by atoms with Crippen molar-refractivity contribution in [2.24, 2.45) is 11.8 Å². The molecule has 2 bridgehead atoms. The Bertz CT molecular complexity index is 478. The lowest BCUT2D eigenvalue weighted by atomic mass is 9.93. The molecule has 0 spiro atoms. The van der Waals surface area contributed by atoms with Crippen molar-refractivity contribution < 1.29 is 9.80 Å². The molecule has 21 heavy (non-hydrogen) atoms. The van der Waals surface area contributed by atoms with Gasteiger partial charge in [0.1, 0.15) is 32.7 Å². The molecule has 2 N–H and O–H groups in total. The minimum atomic E-state index is 0.847. The van der Waals surface area contributed by atoms with E-state index >= 15 is 0 Å². The van der Waals surface area contributed by atoms with E-state index in [2.05, 4.69) is 12.1 Å². The Kier molecular flexibility index (Phi) is 3.95. The maximum absolute atomic E-state index is 5.97. The molecule has 1 saturated heterocycles. The summed E-state index contributed by atoms with van der Waals surface area (Å²) in [7, 11) is 0. The second kappa shape index (κ2) is 5.91. The topological polar surface area (TPSA) is 8.88 Å². The number of rotatable bonds is 3. The van der Waals surface area contributed by atoms with Crippen LogP contribution in [0, 0.1) is 11.8 Å². The van der Waals surface area contributed by atoms with E-state index in [-0.39, 0.29) is 0 Å². The maximum Gasteiger partial charge on any atom is 0.127 e. The Hall–Kier alpha value is -0.570. The lowest BCUT2D eigenvalue weighted by molar-refractivity contribution is -1.03. The van der Waals surface area contributed by atoms with Crippen LogP contribution < -0.4 is 9.80 Å². The first kappa shape index (κ1) is 14.0. The monoisotopic (exact) mass is 306 g/mol. The molecular formula is C18H27ClN2+2. The lowest BCUT2D eigenvalue weighted by Gasteiger charge is -2.36. The van der Waals surface area contributed by atoms with Crippen LogP contribution in [0.2, 0.25) is 5.02 Å². The van der Waals surface area contributed by atoms with E-state index in [1.807, 2.05) is 17.0 Å². The molecule has 2 aliphatic carbocycles. The third-order valence-corrected chi connectivity index (χ3v) is 6.48. The van der Waals surface area contributed by atoms with Crippen LogP contribution in [0.4, 0.5) is 0 Å². The van der Waals surface area contributed by atoms with Crippen LogP contribution in [0.1, 0.15) is 31.2 Å². The van der Waals surface area contributed by atoms with Crippen molar-refractivity contribution in [3.8, 4) is 0 Å². The molecule has 0 radical (unpaired) electrons. The molecule has 3 heteroatoms. The second-order valence-corrected chi connectivity index (χ2v) is 7.93. The van der Waals surface area contributed by atoms with E-state index in [9.17, 15) is 0 Å². The van der Waals surface area contributed by atoms with Crippen molar-refractivity contribution in [3.63, 3.8) is 0 Å². The Morgan fingerprint density at radius 1 is 0.952 bits per heavy atom. The smallest absolute Gasteiger partial charge is 0.127 e. The first-order valence-corrected chi connectivity index (χ1v) is 9.08. The number of hydrogen-bond donors (Lipinski definition) is 2. The molecule has 4 rings (SSSR count). The van der Waals surface area contributed by atoms with Gasteiger partial charge in [-0.05, 0) is 37.3 Å². The van der Waals surface area contributed by atoms with Gasteiger partial charge in [-0.15, -0.1) is 0 Å². The van der Waals surface area contributed by atoms with Gasteiger partial charge in [0.15, 0.2) is 0 Å². The normalized spacial score (nSPS) is 38.8. The summed E-state index contributed by atoms with van der Waals surface area (Å²) in [6.07, 6.45) is 6.14. The molecule has 0 amide bonds. The first-order chi connectivity index (χ1) is 10.3. The molecule has 3 atom stereocenters. The van der Waals surface area contributed by atoms with Gasteiger partial charge in [0.2, 0.25) is 0 Å². The van der Waals surface area contributed by atoms with E-state index in [0.29, 0.717) is 0 Å². The zero-order chi connectivity index (χ0) is 14.2. The first-order valence-electron chi connectivity index (χ1n) is 8.70. The highest BCUT2D eigenvalue weighted by atomic mass is 35.5. The predicted octanol–water partition coefficient (Wildman–Crippen LogP) is 0.812. The van der Waals surface area contributed by atoms with E-state index in [4.69, 9.17) is 11.6 Å². The Morgan fingerprint density at radius 3 is 2.33 bits per heavy atom. The Balaban J connectivity index is 1.29. The van der Waals surface area contributed by atoms with Crippen molar-refractivity contribution >= 4 is 11.6 Å². The van der Waals surface area contributed by atoms with Crippen LogP contribution in [-0.4, -0.2) is 32.2 Å². The molecule has 0 unspecified atom stereocenters. The minimum Gasteiger partial charge on any atom is -0.323 e. The van der Waals surface area contributed by atoms with Gasteiger partial charge in [-0.3, -0.25) is 0 Å². The molecule has 3 fully saturated rings. The summed E-state index contributed by atoms with van der Waals surface area (Å²) in [5.74, 6) is 2.16. The number of hydrogen-bond acceptors (Lipinski definition) is 0. The molecule has 1 heterocycles. The van der Waals surface area contributed by atoms with Crippen LogP contribution in [0.3, 0.4) is 0 Å². The number of fused-ring (bicyclic) bond motifs is 2. The van der Waals surface area contributed by atoms with Gasteiger partial charge in [0, 0.05) is 22.9 Å². The molecule has 0 aromatic heterocycles. The van der Waals surface area contributed by atoms with Crippen molar-refractivity contribution in [1.29, 1.82) is 0 Å². The zero-order valence-electron chi connectivity index (χ0n) is 12.8. The number of halogens is 1. The highest BCUT2D eigenvalue weighted by Crippen LogP contribution is 2.43. The highest BCUT2D eigenvalue weighted by molar-refractivity contribution is 6.30. The van der Waals surface area contributed by atoms with Crippen LogP contribution in [0.15, 0.2) is 24.3 Å². The van der Waals surface area contributed by atoms with E-state index in [1.165, 1.54) is 57.5 Å². The summed E-state index contributed by atoms with van der Waals surface area (Å²) in [5, 5.41) is 0.847. The number of nitrogens with one attached hydrogen (secondary N) is 2. The Morgan fingerprint density at radius 2 is 1.71 bits per heavy atom. The molecular weight excluding hydrogens is 280 g/mol. The van der Waals surface area contributed by atoms with Crippen molar-refractivity contribution in [1.82, 2.24) is 0 Å². The second-order valence-electron chi connectivity index (χ2n) is 7.49. The fourth-order valence-electron chi connectivity index (χ4n) is 5.11. The average Bonchev–Trinajstić information content (AvgIpc) is 3.13. The minimum absolute atomic E-state index is 0.847. The molecule has 2 nitrogen and oxygen atoms in total. The third kappa shape index (κ3) is 2.99. The molecule has 3 aliphatic rings. The molecule has 1 aromatic carbocycles. The highest BCUT2D eigenvalue weighted by Gasteiger charge is 2.45. The number of piperazine rings is 1. The summed E-state index contributed by atoms with van der Waals surface area (Å²) in [6.45, 7) is 6.62. The summed E-state index contributed by atoms with van der Waals surface area (Å²) in [4.78, 5) is 3.69. The largest absolute Gasteiger partial charge is 0.323 e. The van der Waals surface area contributed by atoms with E-state index < -0.39 is 0 Å². The predicted molar refractivity (Wildman–Crippen MR) is 85.8 cm³/mol. The van der Waals surface area contributed by atoms with Crippen LogP contribution >= 0.6 is 11.6 Å². The van der Waals surface area contributed by atoms with Gasteiger partial charge >= 0.3 is 0 Å². The lowest BCUT2D eigenvalue weighted by Crippen LogP contribution is -3.29. The standard InChI is InChI=1S/C18H25ClN2/c19-17-5-2-14(3-6-17)13-20-7-9-21(10-8-20)18-12-15-1-4-16(18)11-15/h2-3,5-6,15-16,18H,1,4,7-13H2/p+2/t15-,16+,18-/m1/s1. The molecule has 114 valence electrons. The average molecular weight is 307 g/mol. The quantitative estimate of drug-likeness (QED) is 0.818. The van der Waals surface area contributed by atoms with Crippen LogP contribution in [-0.2, 0) is 6.54 Å². The van der Waals surface area contributed by atoms with Gasteiger partial charge in [-0.25, -0.2) is 0 Å². The van der Waals surface area contributed by atoms with Gasteiger partial charge in [0.25, 0.3) is 0 Å². The molecule has 1 aromatic rings. The van der Waals surface area contributed by atoms with Gasteiger partial charge in [0.05, 0.1) is 6.04 Å². The Labute approximate surface area is 133 Å². The van der Waals surface area contributed by atoms with Crippen molar-refractivity contribution in [2.45, 2.75) is 38.3 Å². The SMILES string of the molecule is Clc1ccc(C[NH+]2CC[NH+]([C@@H]3C[C@@H]4CC[C@H]3C4)CC2)cc1. The third-order valence-electron chi connectivity index (χ3n) is 6.23. The fourth-order valence-corrected chi connectivity index (χ4v) is 5.23. The summed E-state index contributed by atoms with van der Waals surface area (Å²) in [6, 6.07) is 9.43. The van der Waals surface area contributed by atoms with Crippen molar-refractivity contribution in [3.05, 3.63) is 34.9 Å². The summed E-state index contributed by atoms with van der Waals surface area (Å²) >= 11 is 5.97. The fraction of sp³-hybridized carbons (Fsp3) is 0.667. The van der Waals surface area contributed by atoms with Crippen LogP contribution in [0.25, 0.3) is 0 Å². The zero-order valence-corrected chi connectivity index (χ0v) is 13.5. The van der Waals surface area contributed by atoms with Gasteiger partial charge in [-0.2, -0.15) is 0 Å². The van der Waals surface area contributed by atoms with Crippen molar-refractivity contribution in [2.75, 3.05) is 26.2 Å².